The van der Waals surface area contributed by atoms with Gasteiger partial charge < -0.3 is 18.4 Å². The number of benzene rings is 3. The zero-order valence-electron chi connectivity index (χ0n) is 19.7. The maximum atomic E-state index is 11.4. The minimum absolute atomic E-state index is 0.388. The van der Waals surface area contributed by atoms with Gasteiger partial charge in [0.2, 0.25) is 0 Å². The van der Waals surface area contributed by atoms with Crippen LogP contribution in [0, 0.1) is 0 Å². The van der Waals surface area contributed by atoms with Crippen LogP contribution in [0.1, 0.15) is 57.3 Å². The molecule has 0 aliphatic rings. The smallest absolute Gasteiger partial charge is 0.478 e. The second-order valence-corrected chi connectivity index (χ2v) is 10.2. The zero-order valence-corrected chi connectivity index (χ0v) is 20.7. The highest BCUT2D eigenvalue weighted by Crippen LogP contribution is 2.28. The SMILES string of the molecule is CCCCC[Si](OCC)(OCC)OCC.O=C(O)c1c2ccccc2cc2ccccc12. The van der Waals surface area contributed by atoms with Gasteiger partial charge in [-0.3, -0.25) is 0 Å². The Morgan fingerprint density at radius 2 is 1.25 bits per heavy atom. The fourth-order valence-corrected chi connectivity index (χ4v) is 6.52. The van der Waals surface area contributed by atoms with Gasteiger partial charge in [0.25, 0.3) is 0 Å². The van der Waals surface area contributed by atoms with E-state index in [4.69, 9.17) is 13.3 Å². The molecule has 0 aliphatic heterocycles. The highest BCUT2D eigenvalue weighted by Gasteiger charge is 2.39. The van der Waals surface area contributed by atoms with Crippen molar-refractivity contribution in [1.82, 2.24) is 0 Å². The van der Waals surface area contributed by atoms with Gasteiger partial charge in [-0.1, -0.05) is 68.3 Å². The molecule has 3 aromatic rings. The zero-order chi connectivity index (χ0) is 23.4. The van der Waals surface area contributed by atoms with Gasteiger partial charge in [-0.15, -0.1) is 0 Å². The molecule has 0 fully saturated rings. The molecule has 0 unspecified atom stereocenters. The van der Waals surface area contributed by atoms with Crippen LogP contribution < -0.4 is 0 Å². The van der Waals surface area contributed by atoms with Crippen molar-refractivity contribution in [2.45, 2.75) is 53.0 Å². The Kier molecular flexibility index (Phi) is 10.8. The third kappa shape index (κ3) is 6.87. The van der Waals surface area contributed by atoms with Gasteiger partial charge in [0.1, 0.15) is 0 Å². The van der Waals surface area contributed by atoms with Crippen LogP contribution in [0.25, 0.3) is 21.5 Å². The molecule has 174 valence electrons. The maximum Gasteiger partial charge on any atom is 0.500 e. The normalized spacial score (nSPS) is 11.4. The standard InChI is InChI=1S/C15H10O2.C11H26O3Si/c16-15(17)14-12-7-3-1-5-10(12)9-11-6-2-4-8-13(11)14;1-5-9-10-11-15(12-6-2,13-7-3)14-8-4/h1-9H,(H,16,17);5-11H2,1-4H3. The Bertz CT molecular complexity index is 917. The first-order valence-electron chi connectivity index (χ1n) is 11.6. The highest BCUT2D eigenvalue weighted by molar-refractivity contribution is 6.60. The molecule has 0 atom stereocenters. The van der Waals surface area contributed by atoms with Gasteiger partial charge in [-0.2, -0.15) is 0 Å². The van der Waals surface area contributed by atoms with Crippen LogP contribution in [0.4, 0.5) is 0 Å². The number of carboxylic acid groups (broad SMARTS) is 1. The Balaban J connectivity index is 0.000000230. The monoisotopic (exact) mass is 456 g/mol. The van der Waals surface area contributed by atoms with Crippen LogP contribution >= 0.6 is 0 Å². The Morgan fingerprint density at radius 3 is 1.66 bits per heavy atom. The average molecular weight is 457 g/mol. The minimum atomic E-state index is -2.33. The van der Waals surface area contributed by atoms with Crippen LogP contribution in [-0.2, 0) is 13.3 Å². The van der Waals surface area contributed by atoms with E-state index in [1.54, 1.807) is 0 Å². The molecular weight excluding hydrogens is 420 g/mol. The van der Waals surface area contributed by atoms with E-state index in [2.05, 4.69) is 6.92 Å². The molecule has 0 spiro atoms. The van der Waals surface area contributed by atoms with Gasteiger partial charge in [0, 0.05) is 25.9 Å². The van der Waals surface area contributed by atoms with Crippen molar-refractivity contribution in [2.75, 3.05) is 19.8 Å². The number of hydrogen-bond donors (Lipinski definition) is 1. The number of carboxylic acids is 1. The van der Waals surface area contributed by atoms with Crippen molar-refractivity contribution in [1.29, 1.82) is 0 Å². The van der Waals surface area contributed by atoms with Crippen molar-refractivity contribution >= 4 is 36.3 Å². The van der Waals surface area contributed by atoms with E-state index in [1.807, 2.05) is 75.4 Å². The van der Waals surface area contributed by atoms with Crippen molar-refractivity contribution in [3.8, 4) is 0 Å². The molecular formula is C26H36O5Si. The molecule has 0 aromatic heterocycles. The van der Waals surface area contributed by atoms with E-state index in [0.29, 0.717) is 25.4 Å². The van der Waals surface area contributed by atoms with Gasteiger partial charge in [-0.05, 0) is 54.8 Å². The van der Waals surface area contributed by atoms with E-state index < -0.39 is 14.8 Å². The van der Waals surface area contributed by atoms with E-state index in [0.717, 1.165) is 34.0 Å². The summed E-state index contributed by atoms with van der Waals surface area (Å²) < 4.78 is 17.3. The topological polar surface area (TPSA) is 65.0 Å². The van der Waals surface area contributed by atoms with Crippen molar-refractivity contribution in [2.24, 2.45) is 0 Å². The van der Waals surface area contributed by atoms with E-state index in [-0.39, 0.29) is 0 Å². The molecule has 0 amide bonds. The van der Waals surface area contributed by atoms with Gasteiger partial charge in [0.05, 0.1) is 5.56 Å². The second kappa shape index (κ2) is 13.3. The summed E-state index contributed by atoms with van der Waals surface area (Å²) in [5, 5.41) is 12.9. The minimum Gasteiger partial charge on any atom is -0.478 e. The largest absolute Gasteiger partial charge is 0.500 e. The van der Waals surface area contributed by atoms with Crippen LogP contribution in [0.5, 0.6) is 0 Å². The molecule has 5 nitrogen and oxygen atoms in total. The van der Waals surface area contributed by atoms with Crippen molar-refractivity contribution in [3.05, 3.63) is 60.2 Å². The molecule has 0 saturated heterocycles. The summed E-state index contributed by atoms with van der Waals surface area (Å²) in [6, 6.07) is 18.1. The number of fused-ring (bicyclic) bond motifs is 2. The Hall–Kier alpha value is -2.25. The molecule has 0 heterocycles. The summed E-state index contributed by atoms with van der Waals surface area (Å²) in [6.45, 7) is 10.2. The lowest BCUT2D eigenvalue weighted by Crippen LogP contribution is -2.45. The molecule has 0 aliphatic carbocycles. The summed E-state index contributed by atoms with van der Waals surface area (Å²) >= 11 is 0. The fourth-order valence-electron chi connectivity index (χ4n) is 3.84. The van der Waals surface area contributed by atoms with Crippen LogP contribution in [-0.4, -0.2) is 39.7 Å². The van der Waals surface area contributed by atoms with Gasteiger partial charge >= 0.3 is 14.8 Å². The summed E-state index contributed by atoms with van der Waals surface area (Å²) in [5.41, 5.74) is 0.388. The molecule has 0 saturated carbocycles. The maximum absolute atomic E-state index is 11.4. The summed E-state index contributed by atoms with van der Waals surface area (Å²) in [5.74, 6) is -0.877. The number of rotatable bonds is 11. The molecule has 0 bridgehead atoms. The first-order valence-corrected chi connectivity index (χ1v) is 13.5. The van der Waals surface area contributed by atoms with Crippen LogP contribution in [0.2, 0.25) is 6.04 Å². The second-order valence-electron chi connectivity index (χ2n) is 7.44. The lowest BCUT2D eigenvalue weighted by molar-refractivity contribution is 0.0694. The molecule has 3 aromatic carbocycles. The van der Waals surface area contributed by atoms with E-state index >= 15 is 0 Å². The number of unbranched alkanes of at least 4 members (excludes halogenated alkanes) is 2. The molecule has 32 heavy (non-hydrogen) atoms. The number of carbonyl (C=O) groups is 1. The van der Waals surface area contributed by atoms with Crippen molar-refractivity contribution < 1.29 is 23.2 Å². The quantitative estimate of drug-likeness (QED) is 0.193. The van der Waals surface area contributed by atoms with Crippen molar-refractivity contribution in [3.63, 3.8) is 0 Å². The summed E-state index contributed by atoms with van der Waals surface area (Å²) in [7, 11) is -2.33. The first-order chi connectivity index (χ1) is 15.5. The van der Waals surface area contributed by atoms with Gasteiger partial charge in [0.15, 0.2) is 0 Å². The lowest BCUT2D eigenvalue weighted by atomic mass is 9.97. The summed E-state index contributed by atoms with van der Waals surface area (Å²) in [6.07, 6.45) is 3.58. The highest BCUT2D eigenvalue weighted by atomic mass is 28.4. The fraction of sp³-hybridized carbons (Fsp3) is 0.423. The first kappa shape index (κ1) is 26.0. The number of aromatic carboxylic acids is 1. The third-order valence-corrected chi connectivity index (χ3v) is 8.32. The third-order valence-electron chi connectivity index (χ3n) is 5.16. The summed E-state index contributed by atoms with van der Waals surface area (Å²) in [4.78, 5) is 11.4. The van der Waals surface area contributed by atoms with E-state index in [1.165, 1.54) is 12.8 Å². The average Bonchev–Trinajstić information content (AvgIpc) is 2.78. The molecule has 1 N–H and O–H groups in total. The Morgan fingerprint density at radius 1 is 0.781 bits per heavy atom. The molecule has 6 heteroatoms. The van der Waals surface area contributed by atoms with E-state index in [9.17, 15) is 9.90 Å². The Labute approximate surface area is 192 Å². The van der Waals surface area contributed by atoms with Gasteiger partial charge in [-0.25, -0.2) is 4.79 Å². The predicted octanol–water partition coefficient (Wildman–Crippen LogP) is 6.92. The molecule has 0 radical (unpaired) electrons. The lowest BCUT2D eigenvalue weighted by Gasteiger charge is -2.28. The number of hydrogen-bond acceptors (Lipinski definition) is 4. The van der Waals surface area contributed by atoms with Crippen LogP contribution in [0.3, 0.4) is 0 Å². The molecule has 3 rings (SSSR count). The predicted molar refractivity (Wildman–Crippen MR) is 133 cm³/mol. The van der Waals surface area contributed by atoms with Crippen LogP contribution in [0.15, 0.2) is 54.6 Å².